The first kappa shape index (κ1) is 16.3. The average Bonchev–Trinajstić information content (AvgIpc) is 2.75. The minimum Gasteiger partial charge on any atom is -0.389 e. The van der Waals surface area contributed by atoms with Crippen molar-refractivity contribution in [3.8, 4) is 0 Å². The van der Waals surface area contributed by atoms with Crippen molar-refractivity contribution in [3.05, 3.63) is 29.8 Å². The number of hydrogen-bond acceptors (Lipinski definition) is 5. The SMILES string of the molecule is CCNC(c1ccc(F)cn1)C(C)CN1CC(O)C(O)C1. The van der Waals surface area contributed by atoms with E-state index in [0.717, 1.165) is 18.8 Å². The highest BCUT2D eigenvalue weighted by Crippen LogP contribution is 2.23. The summed E-state index contributed by atoms with van der Waals surface area (Å²) in [7, 11) is 0. The molecule has 1 aliphatic rings. The summed E-state index contributed by atoms with van der Waals surface area (Å²) in [5, 5.41) is 22.6. The summed E-state index contributed by atoms with van der Waals surface area (Å²) in [6.45, 7) is 6.62. The van der Waals surface area contributed by atoms with Crippen molar-refractivity contribution in [2.24, 2.45) is 5.92 Å². The number of rotatable bonds is 6. The number of aromatic nitrogens is 1. The Morgan fingerprint density at radius 1 is 1.38 bits per heavy atom. The van der Waals surface area contributed by atoms with Gasteiger partial charge in [-0.15, -0.1) is 0 Å². The van der Waals surface area contributed by atoms with Crippen molar-refractivity contribution in [2.75, 3.05) is 26.2 Å². The minimum absolute atomic E-state index is 0.0190. The fourth-order valence-corrected chi connectivity index (χ4v) is 2.90. The maximum atomic E-state index is 13.0. The van der Waals surface area contributed by atoms with E-state index in [-0.39, 0.29) is 17.8 Å². The van der Waals surface area contributed by atoms with E-state index in [1.54, 1.807) is 6.07 Å². The van der Waals surface area contributed by atoms with Crippen LogP contribution in [0.15, 0.2) is 18.3 Å². The summed E-state index contributed by atoms with van der Waals surface area (Å²) < 4.78 is 13.0. The molecule has 1 fully saturated rings. The third-order valence-electron chi connectivity index (χ3n) is 3.94. The molecule has 1 aliphatic heterocycles. The predicted molar refractivity (Wildman–Crippen MR) is 78.2 cm³/mol. The second kappa shape index (κ2) is 7.26. The van der Waals surface area contributed by atoms with E-state index in [1.165, 1.54) is 12.3 Å². The van der Waals surface area contributed by atoms with Gasteiger partial charge in [0.2, 0.25) is 0 Å². The van der Waals surface area contributed by atoms with E-state index in [1.807, 2.05) is 11.8 Å². The van der Waals surface area contributed by atoms with Crippen LogP contribution in [0, 0.1) is 11.7 Å². The molecule has 4 unspecified atom stereocenters. The number of halogens is 1. The van der Waals surface area contributed by atoms with Crippen LogP contribution in [0.5, 0.6) is 0 Å². The zero-order valence-corrected chi connectivity index (χ0v) is 12.5. The second-order valence-corrected chi connectivity index (χ2v) is 5.77. The normalized spacial score (nSPS) is 26.0. The highest BCUT2D eigenvalue weighted by Gasteiger charge is 2.31. The molecule has 1 saturated heterocycles. The Morgan fingerprint density at radius 2 is 2.05 bits per heavy atom. The van der Waals surface area contributed by atoms with Crippen molar-refractivity contribution in [2.45, 2.75) is 32.1 Å². The number of pyridine rings is 1. The number of nitrogens with one attached hydrogen (secondary N) is 1. The predicted octanol–water partition coefficient (Wildman–Crippen LogP) is 0.545. The van der Waals surface area contributed by atoms with Crippen LogP contribution in [-0.2, 0) is 0 Å². The van der Waals surface area contributed by atoms with Gasteiger partial charge < -0.3 is 15.5 Å². The average molecular weight is 297 g/mol. The summed E-state index contributed by atoms with van der Waals surface area (Å²) in [6.07, 6.45) is -0.104. The number of likely N-dealkylation sites (tertiary alicyclic amines) is 1. The van der Waals surface area contributed by atoms with Crippen LogP contribution < -0.4 is 5.32 Å². The van der Waals surface area contributed by atoms with Crippen molar-refractivity contribution in [1.82, 2.24) is 15.2 Å². The lowest BCUT2D eigenvalue weighted by atomic mass is 9.97. The van der Waals surface area contributed by atoms with Gasteiger partial charge in [-0.2, -0.15) is 0 Å². The van der Waals surface area contributed by atoms with E-state index in [4.69, 9.17) is 0 Å². The monoisotopic (exact) mass is 297 g/mol. The summed E-state index contributed by atoms with van der Waals surface area (Å²) in [5.41, 5.74) is 0.811. The van der Waals surface area contributed by atoms with Crippen LogP contribution in [0.25, 0.3) is 0 Å². The standard InChI is InChI=1S/C15H24FN3O2/c1-3-17-15(12-5-4-11(16)6-18-12)10(2)7-19-8-13(20)14(21)9-19/h4-6,10,13-15,17,20-21H,3,7-9H2,1-2H3. The molecule has 5 nitrogen and oxygen atoms in total. The molecule has 1 aromatic rings. The Hall–Kier alpha value is -1.08. The number of nitrogens with zero attached hydrogens (tertiary/aromatic N) is 2. The Bertz CT molecular complexity index is 433. The first-order chi connectivity index (χ1) is 10.0. The van der Waals surface area contributed by atoms with Gasteiger partial charge in [-0.3, -0.25) is 9.88 Å². The third kappa shape index (κ3) is 4.20. The lowest BCUT2D eigenvalue weighted by molar-refractivity contribution is 0.0572. The number of aliphatic hydroxyl groups excluding tert-OH is 2. The van der Waals surface area contributed by atoms with Crippen LogP contribution in [-0.4, -0.2) is 58.5 Å². The van der Waals surface area contributed by atoms with Gasteiger partial charge in [0, 0.05) is 19.6 Å². The van der Waals surface area contributed by atoms with Gasteiger partial charge in [-0.05, 0) is 24.6 Å². The van der Waals surface area contributed by atoms with E-state index in [9.17, 15) is 14.6 Å². The van der Waals surface area contributed by atoms with Crippen molar-refractivity contribution < 1.29 is 14.6 Å². The molecule has 0 spiro atoms. The molecule has 118 valence electrons. The molecule has 1 aromatic heterocycles. The quantitative estimate of drug-likeness (QED) is 0.715. The highest BCUT2D eigenvalue weighted by atomic mass is 19.1. The topological polar surface area (TPSA) is 68.6 Å². The molecule has 2 rings (SSSR count). The first-order valence-corrected chi connectivity index (χ1v) is 7.44. The number of aliphatic hydroxyl groups is 2. The first-order valence-electron chi connectivity index (χ1n) is 7.44. The van der Waals surface area contributed by atoms with Crippen LogP contribution in [0.2, 0.25) is 0 Å². The smallest absolute Gasteiger partial charge is 0.141 e. The Morgan fingerprint density at radius 3 is 2.57 bits per heavy atom. The van der Waals surface area contributed by atoms with Gasteiger partial charge in [-0.25, -0.2) is 4.39 Å². The van der Waals surface area contributed by atoms with Crippen LogP contribution in [0.4, 0.5) is 4.39 Å². The molecule has 0 amide bonds. The zero-order valence-electron chi connectivity index (χ0n) is 12.5. The van der Waals surface area contributed by atoms with Gasteiger partial charge in [0.15, 0.2) is 0 Å². The zero-order chi connectivity index (χ0) is 15.4. The molecule has 2 heterocycles. The minimum atomic E-state index is -0.668. The summed E-state index contributed by atoms with van der Waals surface area (Å²) in [6, 6.07) is 3.14. The van der Waals surface area contributed by atoms with Crippen LogP contribution in [0.3, 0.4) is 0 Å². The molecule has 3 N–H and O–H groups in total. The van der Waals surface area contributed by atoms with E-state index >= 15 is 0 Å². The van der Waals surface area contributed by atoms with Crippen molar-refractivity contribution >= 4 is 0 Å². The molecule has 6 heteroatoms. The van der Waals surface area contributed by atoms with Gasteiger partial charge >= 0.3 is 0 Å². The molecule has 0 aromatic carbocycles. The Kier molecular flexibility index (Phi) is 5.64. The molecule has 0 aliphatic carbocycles. The van der Waals surface area contributed by atoms with Gasteiger partial charge in [0.25, 0.3) is 0 Å². The largest absolute Gasteiger partial charge is 0.389 e. The van der Waals surface area contributed by atoms with E-state index in [2.05, 4.69) is 17.2 Å². The lowest BCUT2D eigenvalue weighted by Gasteiger charge is -2.28. The molecule has 0 bridgehead atoms. The fourth-order valence-electron chi connectivity index (χ4n) is 2.90. The van der Waals surface area contributed by atoms with Gasteiger partial charge in [-0.1, -0.05) is 13.8 Å². The second-order valence-electron chi connectivity index (χ2n) is 5.77. The summed E-state index contributed by atoms with van der Waals surface area (Å²) in [5.74, 6) is -0.118. The third-order valence-corrected chi connectivity index (χ3v) is 3.94. The molecule has 4 atom stereocenters. The Labute approximate surface area is 124 Å². The summed E-state index contributed by atoms with van der Waals surface area (Å²) in [4.78, 5) is 6.22. The lowest BCUT2D eigenvalue weighted by Crippen LogP contribution is -2.36. The van der Waals surface area contributed by atoms with E-state index < -0.39 is 12.2 Å². The maximum Gasteiger partial charge on any atom is 0.141 e. The van der Waals surface area contributed by atoms with Crippen molar-refractivity contribution in [1.29, 1.82) is 0 Å². The molecule has 21 heavy (non-hydrogen) atoms. The van der Waals surface area contributed by atoms with Crippen LogP contribution in [0.1, 0.15) is 25.6 Å². The highest BCUT2D eigenvalue weighted by molar-refractivity contribution is 5.11. The maximum absolute atomic E-state index is 13.0. The van der Waals surface area contributed by atoms with Gasteiger partial charge in [0.05, 0.1) is 30.1 Å². The summed E-state index contributed by atoms with van der Waals surface area (Å²) >= 11 is 0. The van der Waals surface area contributed by atoms with E-state index in [0.29, 0.717) is 13.1 Å². The van der Waals surface area contributed by atoms with Gasteiger partial charge in [0.1, 0.15) is 5.82 Å². The number of β-amino-alcohol motifs (C(OH)–C–C–N with tert-alkyl or cyclic N) is 2. The Balaban J connectivity index is 2.02. The number of hydrogen-bond donors (Lipinski definition) is 3. The molecule has 0 radical (unpaired) electrons. The molecular formula is C15H24FN3O2. The van der Waals surface area contributed by atoms with Crippen LogP contribution >= 0.6 is 0 Å². The van der Waals surface area contributed by atoms with Crippen molar-refractivity contribution in [3.63, 3.8) is 0 Å². The molecule has 0 saturated carbocycles. The molecular weight excluding hydrogens is 273 g/mol. The fraction of sp³-hybridized carbons (Fsp3) is 0.667.